The highest BCUT2D eigenvalue weighted by Gasteiger charge is 2.48. The zero-order chi connectivity index (χ0) is 21.8. The van der Waals surface area contributed by atoms with Crippen LogP contribution >= 0.6 is 0 Å². The maximum absolute atomic E-state index is 13.3. The molecule has 4 atom stereocenters. The van der Waals surface area contributed by atoms with Gasteiger partial charge in [-0.2, -0.15) is 0 Å². The normalized spacial score (nSPS) is 27.1. The van der Waals surface area contributed by atoms with E-state index < -0.39 is 17.9 Å². The van der Waals surface area contributed by atoms with Crippen molar-refractivity contribution >= 4 is 0 Å². The number of ether oxygens (including phenoxy) is 2. The summed E-state index contributed by atoms with van der Waals surface area (Å²) in [4.78, 5) is 26.4. The molecule has 0 radical (unpaired) electrons. The largest absolute Gasteiger partial charge is 0.465 e. The van der Waals surface area contributed by atoms with Gasteiger partial charge in [-0.05, 0) is 17.2 Å². The molecule has 0 saturated carbocycles. The first-order valence-corrected chi connectivity index (χ1v) is 10.4. The second-order valence-corrected chi connectivity index (χ2v) is 8.34. The summed E-state index contributed by atoms with van der Waals surface area (Å²) in [6.45, 7) is 1.91. The number of nitrogens with zero attached hydrogens (tertiary/aromatic N) is 3. The fraction of sp³-hybridized carbons (Fsp3) is 0.333. The van der Waals surface area contributed by atoms with Crippen molar-refractivity contribution in [3.05, 3.63) is 105 Å². The van der Waals surface area contributed by atoms with Crippen molar-refractivity contribution in [2.45, 2.75) is 37.1 Å². The fourth-order valence-electron chi connectivity index (χ4n) is 4.80. The van der Waals surface area contributed by atoms with Crippen LogP contribution in [0, 0.1) is 0 Å². The Hall–Kier alpha value is -3.32. The maximum atomic E-state index is 13.3. The van der Waals surface area contributed by atoms with Crippen molar-refractivity contribution < 1.29 is 9.47 Å². The van der Waals surface area contributed by atoms with E-state index in [4.69, 9.17) is 9.47 Å². The molecule has 0 bridgehead atoms. The van der Waals surface area contributed by atoms with E-state index in [1.165, 1.54) is 11.6 Å². The average molecular weight is 419 g/mol. The number of allylic oxidation sites excluding steroid dienone is 2. The highest BCUT2D eigenvalue weighted by atomic mass is 16.7. The van der Waals surface area contributed by atoms with Gasteiger partial charge in [0, 0.05) is 33.4 Å². The highest BCUT2D eigenvalue weighted by molar-refractivity contribution is 5.32. The molecule has 31 heavy (non-hydrogen) atoms. The molecule has 2 aliphatic rings. The van der Waals surface area contributed by atoms with Crippen molar-refractivity contribution in [2.24, 2.45) is 7.05 Å². The van der Waals surface area contributed by atoms with Crippen LogP contribution in [0.15, 0.2) is 82.1 Å². The lowest BCUT2D eigenvalue weighted by Crippen LogP contribution is -2.48. The van der Waals surface area contributed by atoms with Gasteiger partial charge >= 0.3 is 11.4 Å². The molecule has 0 unspecified atom stereocenters. The van der Waals surface area contributed by atoms with E-state index in [0.717, 1.165) is 11.1 Å². The van der Waals surface area contributed by atoms with Crippen LogP contribution in [0.4, 0.5) is 0 Å². The summed E-state index contributed by atoms with van der Waals surface area (Å²) in [5.41, 5.74) is 1.27. The third-order valence-corrected chi connectivity index (χ3v) is 6.44. The van der Waals surface area contributed by atoms with Gasteiger partial charge in [0.2, 0.25) is 5.79 Å². The number of hydrogen-bond donors (Lipinski definition) is 0. The van der Waals surface area contributed by atoms with Crippen molar-refractivity contribution in [1.29, 1.82) is 0 Å². The molecular weight excluding hydrogens is 394 g/mol. The fourth-order valence-corrected chi connectivity index (χ4v) is 4.80. The lowest BCUT2D eigenvalue weighted by atomic mass is 9.81. The van der Waals surface area contributed by atoms with Gasteiger partial charge in [0.1, 0.15) is 17.8 Å². The van der Waals surface area contributed by atoms with Gasteiger partial charge in [0.05, 0.1) is 0 Å². The van der Waals surface area contributed by atoms with Gasteiger partial charge in [0.15, 0.2) is 0 Å². The minimum absolute atomic E-state index is 0.103. The van der Waals surface area contributed by atoms with Gasteiger partial charge in [-0.25, -0.2) is 23.5 Å². The number of hydrogen-bond acceptors (Lipinski definition) is 4. The Morgan fingerprint density at radius 2 is 1.52 bits per heavy atom. The minimum Gasteiger partial charge on any atom is -0.465 e. The summed E-state index contributed by atoms with van der Waals surface area (Å²) in [7, 11) is 3.15. The van der Waals surface area contributed by atoms with Crippen LogP contribution in [0.3, 0.4) is 0 Å². The summed E-state index contributed by atoms with van der Waals surface area (Å²) in [5.74, 6) is -0.301. The van der Waals surface area contributed by atoms with Gasteiger partial charge in [-0.1, -0.05) is 60.7 Å². The number of methoxy groups -OCH3 is 1. The van der Waals surface area contributed by atoms with Crippen LogP contribution < -0.4 is 11.4 Å². The molecule has 160 valence electrons. The number of benzene rings is 2. The highest BCUT2D eigenvalue weighted by Crippen LogP contribution is 2.49. The molecule has 2 aliphatic heterocycles. The molecule has 7 heteroatoms. The molecular formula is C24H25N3O4. The maximum Gasteiger partial charge on any atom is 0.347 e. The Morgan fingerprint density at radius 3 is 2.13 bits per heavy atom. The van der Waals surface area contributed by atoms with E-state index in [0.29, 0.717) is 12.2 Å². The lowest BCUT2D eigenvalue weighted by molar-refractivity contribution is -0.218. The third kappa shape index (κ3) is 2.99. The van der Waals surface area contributed by atoms with Gasteiger partial charge < -0.3 is 9.47 Å². The first kappa shape index (κ1) is 19.6. The van der Waals surface area contributed by atoms with E-state index in [9.17, 15) is 9.59 Å². The monoisotopic (exact) mass is 419 g/mol. The molecule has 1 aromatic heterocycles. The average Bonchev–Trinajstić information content (AvgIpc) is 3.03. The quantitative estimate of drug-likeness (QED) is 0.655. The third-order valence-electron chi connectivity index (χ3n) is 6.44. The first-order chi connectivity index (χ1) is 14.9. The predicted molar refractivity (Wildman–Crippen MR) is 116 cm³/mol. The van der Waals surface area contributed by atoms with Crippen LogP contribution in [0.25, 0.3) is 0 Å². The minimum atomic E-state index is -0.842. The summed E-state index contributed by atoms with van der Waals surface area (Å²) < 4.78 is 16.4. The van der Waals surface area contributed by atoms with E-state index in [1.807, 2.05) is 73.7 Å². The Balaban J connectivity index is 1.78. The topological polar surface area (TPSA) is 67.4 Å². The van der Waals surface area contributed by atoms with Gasteiger partial charge in [-0.15, -0.1) is 0 Å². The van der Waals surface area contributed by atoms with E-state index in [2.05, 4.69) is 0 Å². The summed E-state index contributed by atoms with van der Waals surface area (Å²) >= 11 is 0. The van der Waals surface area contributed by atoms with Crippen LogP contribution in [0.1, 0.15) is 42.5 Å². The van der Waals surface area contributed by atoms with Crippen molar-refractivity contribution in [3.8, 4) is 0 Å². The SMILES string of the molecule is CO[C@]1(C)C[C@@H](c2ccccc2)[C@H]2C(=C[C@@H](c3ccccc3)n3c(=O)n(C)c(=O)n32)O1. The molecule has 5 rings (SSSR count). The van der Waals surface area contributed by atoms with Gasteiger partial charge in [-0.3, -0.25) is 0 Å². The molecule has 0 amide bonds. The van der Waals surface area contributed by atoms with Crippen molar-refractivity contribution in [1.82, 2.24) is 13.9 Å². The Labute approximate surface area is 179 Å². The van der Waals surface area contributed by atoms with E-state index >= 15 is 0 Å². The predicted octanol–water partition coefficient (Wildman–Crippen LogP) is 2.94. The van der Waals surface area contributed by atoms with Crippen molar-refractivity contribution in [3.63, 3.8) is 0 Å². The van der Waals surface area contributed by atoms with Crippen LogP contribution in [0.2, 0.25) is 0 Å². The molecule has 2 aromatic carbocycles. The number of rotatable bonds is 3. The zero-order valence-corrected chi connectivity index (χ0v) is 17.8. The molecule has 1 saturated heterocycles. The smallest absolute Gasteiger partial charge is 0.347 e. The Morgan fingerprint density at radius 1 is 0.935 bits per heavy atom. The second kappa shape index (κ2) is 7.13. The molecule has 3 heterocycles. The first-order valence-electron chi connectivity index (χ1n) is 10.4. The molecule has 7 nitrogen and oxygen atoms in total. The van der Waals surface area contributed by atoms with Crippen LogP contribution in [-0.4, -0.2) is 26.8 Å². The molecule has 0 aliphatic carbocycles. The molecule has 0 spiro atoms. The Kier molecular flexibility index (Phi) is 4.51. The zero-order valence-electron chi connectivity index (χ0n) is 17.8. The lowest BCUT2D eigenvalue weighted by Gasteiger charge is -2.46. The van der Waals surface area contributed by atoms with Crippen LogP contribution in [0.5, 0.6) is 0 Å². The second-order valence-electron chi connectivity index (χ2n) is 8.34. The molecule has 0 N–H and O–H groups in total. The number of fused-ring (bicyclic) bond motifs is 3. The molecule has 3 aromatic rings. The summed E-state index contributed by atoms with van der Waals surface area (Å²) in [5, 5.41) is 0. The number of aromatic nitrogens is 3. The molecule has 1 fully saturated rings. The van der Waals surface area contributed by atoms with Gasteiger partial charge in [0.25, 0.3) is 0 Å². The summed E-state index contributed by atoms with van der Waals surface area (Å²) in [6, 6.07) is 18.8. The standard InChI is InChI=1S/C24H25N3O4/c1-24(30-3)15-18(16-10-6-4-7-11-16)21-20(31-24)14-19(17-12-8-5-9-13-17)26-22(28)25(2)23(29)27(21)26/h4-14,18-19,21H,15H2,1-3H3/t18-,19-,21-,24-/m0/s1. The van der Waals surface area contributed by atoms with E-state index in [-0.39, 0.29) is 17.3 Å². The van der Waals surface area contributed by atoms with Crippen LogP contribution in [-0.2, 0) is 16.5 Å². The van der Waals surface area contributed by atoms with Crippen molar-refractivity contribution in [2.75, 3.05) is 7.11 Å². The summed E-state index contributed by atoms with van der Waals surface area (Å²) in [6.07, 6.45) is 2.49. The Bertz CT molecular complexity index is 1260. The van der Waals surface area contributed by atoms with E-state index in [1.54, 1.807) is 16.5 Å².